The average Bonchev–Trinajstić information content (AvgIpc) is 3.12. The van der Waals surface area contributed by atoms with Crippen LogP contribution in [0.4, 0.5) is 22.2 Å². The summed E-state index contributed by atoms with van der Waals surface area (Å²) < 4.78 is 0.670. The van der Waals surface area contributed by atoms with Crippen molar-refractivity contribution in [1.29, 1.82) is 5.26 Å². The Bertz CT molecular complexity index is 1060. The Kier molecular flexibility index (Phi) is 5.88. The van der Waals surface area contributed by atoms with Crippen LogP contribution in [-0.2, 0) is 0 Å². The van der Waals surface area contributed by atoms with E-state index < -0.39 is 4.92 Å². The van der Waals surface area contributed by atoms with Crippen LogP contribution >= 0.6 is 11.3 Å². The summed E-state index contributed by atoms with van der Waals surface area (Å²) in [6, 6.07) is 13.4. The molecule has 3 aromatic rings. The van der Waals surface area contributed by atoms with Crippen molar-refractivity contribution in [2.45, 2.75) is 13.0 Å². The molecule has 142 valence electrons. The smallest absolute Gasteiger partial charge is 0.270 e. The maximum absolute atomic E-state index is 10.9. The summed E-state index contributed by atoms with van der Waals surface area (Å²) in [6.45, 7) is 2.07. The third-order valence-electron chi connectivity index (χ3n) is 4.00. The van der Waals surface area contributed by atoms with E-state index in [0.717, 1.165) is 5.69 Å². The van der Waals surface area contributed by atoms with Crippen molar-refractivity contribution in [2.75, 3.05) is 18.1 Å². The molecule has 1 atom stereocenters. The molecule has 2 aromatic carbocycles. The second-order valence-electron chi connectivity index (χ2n) is 5.84. The number of aliphatic hydroxyl groups is 1. The number of nitriles is 1. The Balaban J connectivity index is 1.78. The first-order valence-electron chi connectivity index (χ1n) is 8.35. The number of benzene rings is 2. The lowest BCUT2D eigenvalue weighted by Crippen LogP contribution is -2.34. The van der Waals surface area contributed by atoms with E-state index in [1.165, 1.54) is 23.5 Å². The van der Waals surface area contributed by atoms with E-state index in [4.69, 9.17) is 5.26 Å². The summed E-state index contributed by atoms with van der Waals surface area (Å²) in [6.07, 6.45) is 0. The number of nitrogens with zero attached hydrogens (tertiary/aromatic N) is 6. The minimum atomic E-state index is -0.449. The Labute approximate surface area is 164 Å². The van der Waals surface area contributed by atoms with Crippen LogP contribution in [0, 0.1) is 21.4 Å². The van der Waals surface area contributed by atoms with Crippen LogP contribution in [-0.4, -0.2) is 34.2 Å². The molecule has 0 fully saturated rings. The maximum Gasteiger partial charge on any atom is 0.270 e. The van der Waals surface area contributed by atoms with Crippen molar-refractivity contribution in [3.63, 3.8) is 0 Å². The van der Waals surface area contributed by atoms with Crippen LogP contribution in [0.3, 0.4) is 0 Å². The molecule has 28 heavy (non-hydrogen) atoms. The van der Waals surface area contributed by atoms with Crippen molar-refractivity contribution >= 4 is 43.7 Å². The average molecular weight is 396 g/mol. The number of aromatic nitrogens is 1. The van der Waals surface area contributed by atoms with Crippen molar-refractivity contribution in [3.8, 4) is 6.07 Å². The monoisotopic (exact) mass is 396 g/mol. The van der Waals surface area contributed by atoms with Gasteiger partial charge >= 0.3 is 0 Å². The van der Waals surface area contributed by atoms with Gasteiger partial charge in [-0.1, -0.05) is 11.3 Å². The van der Waals surface area contributed by atoms with Gasteiger partial charge in [0.1, 0.15) is 6.04 Å². The molecule has 0 amide bonds. The third-order valence-corrected chi connectivity index (χ3v) is 4.90. The predicted octanol–water partition coefficient (Wildman–Crippen LogP) is 4.33. The topological polar surface area (TPSA) is 128 Å². The first kappa shape index (κ1) is 19.3. The molecule has 0 aliphatic heterocycles. The zero-order chi connectivity index (χ0) is 20.1. The number of fused-ring (bicyclic) bond motifs is 1. The van der Waals surface area contributed by atoms with Crippen LogP contribution in [0.2, 0.25) is 0 Å². The van der Waals surface area contributed by atoms with Gasteiger partial charge in [0.25, 0.3) is 5.69 Å². The van der Waals surface area contributed by atoms with E-state index in [0.29, 0.717) is 27.6 Å². The predicted molar refractivity (Wildman–Crippen MR) is 106 cm³/mol. The molecule has 1 unspecified atom stereocenters. The Morgan fingerprint density at radius 1 is 1.32 bits per heavy atom. The van der Waals surface area contributed by atoms with Gasteiger partial charge in [-0.05, 0) is 37.3 Å². The van der Waals surface area contributed by atoms with Gasteiger partial charge in [-0.3, -0.25) is 10.1 Å². The number of aliphatic hydroxyl groups excluding tert-OH is 1. The summed E-state index contributed by atoms with van der Waals surface area (Å²) in [5, 5.41) is 37.8. The van der Waals surface area contributed by atoms with Crippen LogP contribution in [0.25, 0.3) is 10.2 Å². The summed E-state index contributed by atoms with van der Waals surface area (Å²) in [4.78, 5) is 16.5. The van der Waals surface area contributed by atoms with Crippen molar-refractivity contribution in [2.24, 2.45) is 10.2 Å². The molecule has 3 rings (SSSR count). The van der Waals surface area contributed by atoms with E-state index in [2.05, 4.69) is 21.3 Å². The van der Waals surface area contributed by atoms with Crippen LogP contribution in [0.5, 0.6) is 0 Å². The minimum absolute atomic E-state index is 0.00857. The lowest BCUT2D eigenvalue weighted by molar-refractivity contribution is -0.384. The highest BCUT2D eigenvalue weighted by Gasteiger charge is 2.13. The SMILES string of the molecule is CC(C#N)N(CCO)c1ccc(N=Nc2nc3ccc([N+](=O)[O-])cc3s2)cc1. The fourth-order valence-electron chi connectivity index (χ4n) is 2.59. The van der Waals surface area contributed by atoms with Crippen LogP contribution < -0.4 is 4.90 Å². The lowest BCUT2D eigenvalue weighted by atomic mass is 10.2. The van der Waals surface area contributed by atoms with Crippen LogP contribution in [0.15, 0.2) is 52.7 Å². The molecule has 9 nitrogen and oxygen atoms in total. The quantitative estimate of drug-likeness (QED) is 0.359. The van der Waals surface area contributed by atoms with Gasteiger partial charge in [0.2, 0.25) is 5.13 Å². The molecular weight excluding hydrogens is 380 g/mol. The number of thiazole rings is 1. The Morgan fingerprint density at radius 3 is 2.71 bits per heavy atom. The minimum Gasteiger partial charge on any atom is -0.395 e. The first-order valence-corrected chi connectivity index (χ1v) is 9.17. The largest absolute Gasteiger partial charge is 0.395 e. The highest BCUT2D eigenvalue weighted by molar-refractivity contribution is 7.21. The summed E-state index contributed by atoms with van der Waals surface area (Å²) >= 11 is 1.22. The fraction of sp³-hybridized carbons (Fsp3) is 0.222. The van der Waals surface area contributed by atoms with E-state index in [-0.39, 0.29) is 18.3 Å². The highest BCUT2D eigenvalue weighted by Crippen LogP contribution is 2.32. The molecule has 0 saturated carbocycles. The van der Waals surface area contributed by atoms with Crippen molar-refractivity contribution in [3.05, 3.63) is 52.6 Å². The molecule has 1 aromatic heterocycles. The molecule has 0 radical (unpaired) electrons. The fourth-order valence-corrected chi connectivity index (χ4v) is 3.41. The lowest BCUT2D eigenvalue weighted by Gasteiger charge is -2.26. The van der Waals surface area contributed by atoms with E-state index in [1.54, 1.807) is 42.2 Å². The number of azo groups is 1. The molecule has 0 saturated heterocycles. The van der Waals surface area contributed by atoms with E-state index in [1.807, 2.05) is 0 Å². The first-order chi connectivity index (χ1) is 13.5. The molecule has 1 N–H and O–H groups in total. The van der Waals surface area contributed by atoms with E-state index in [9.17, 15) is 15.2 Å². The molecule has 0 aliphatic carbocycles. The van der Waals surface area contributed by atoms with Crippen LogP contribution in [0.1, 0.15) is 6.92 Å². The normalized spacial score (nSPS) is 12.2. The van der Waals surface area contributed by atoms with Gasteiger partial charge in [-0.25, -0.2) is 4.98 Å². The zero-order valence-corrected chi connectivity index (χ0v) is 15.7. The zero-order valence-electron chi connectivity index (χ0n) is 14.9. The van der Waals surface area contributed by atoms with Gasteiger partial charge in [-0.15, -0.1) is 10.2 Å². The summed E-state index contributed by atoms with van der Waals surface area (Å²) in [5.74, 6) is 0. The van der Waals surface area contributed by atoms with Crippen molar-refractivity contribution < 1.29 is 10.0 Å². The number of hydrogen-bond acceptors (Lipinski definition) is 9. The molecule has 0 spiro atoms. The van der Waals surface area contributed by atoms with Gasteiger partial charge in [0.15, 0.2) is 0 Å². The van der Waals surface area contributed by atoms with Gasteiger partial charge < -0.3 is 10.0 Å². The molecule has 0 bridgehead atoms. The van der Waals surface area contributed by atoms with Crippen molar-refractivity contribution in [1.82, 2.24) is 4.98 Å². The molecular formula is C18H16N6O3S. The third kappa shape index (κ3) is 4.28. The number of non-ortho nitro benzene ring substituents is 1. The molecule has 0 aliphatic rings. The number of anilines is 1. The van der Waals surface area contributed by atoms with E-state index >= 15 is 0 Å². The standard InChI is InChI=1S/C18H16N6O3S/c1-12(11-19)23(8-9-25)14-4-2-13(3-5-14)21-22-18-20-16-7-6-15(24(26)27)10-17(16)28-18/h2-7,10,12,25H,8-9H2,1H3. The number of rotatable bonds is 7. The van der Waals surface area contributed by atoms with Gasteiger partial charge in [0.05, 0.1) is 33.5 Å². The molecule has 1 heterocycles. The maximum atomic E-state index is 10.9. The summed E-state index contributed by atoms with van der Waals surface area (Å²) in [5.41, 5.74) is 2.04. The summed E-state index contributed by atoms with van der Waals surface area (Å²) in [7, 11) is 0. The van der Waals surface area contributed by atoms with Gasteiger partial charge in [-0.2, -0.15) is 5.26 Å². The Morgan fingerprint density at radius 2 is 2.07 bits per heavy atom. The second kappa shape index (κ2) is 8.51. The number of nitro groups is 1. The highest BCUT2D eigenvalue weighted by atomic mass is 32.1. The second-order valence-corrected chi connectivity index (χ2v) is 6.85. The Hall–Kier alpha value is -3.42. The van der Waals surface area contributed by atoms with Gasteiger partial charge in [0, 0.05) is 24.4 Å². The molecule has 10 heteroatoms. The number of nitro benzene ring substituents is 1. The number of hydrogen-bond donors (Lipinski definition) is 1.